The summed E-state index contributed by atoms with van der Waals surface area (Å²) in [6.45, 7) is 0.694. The van der Waals surface area contributed by atoms with Crippen LogP contribution in [0.4, 0.5) is 4.79 Å². The molecule has 116 valence electrons. The average molecular weight is 324 g/mol. The molecule has 0 radical (unpaired) electrons. The first-order valence-corrected chi connectivity index (χ1v) is 8.13. The Kier molecular flexibility index (Phi) is 5.01. The zero-order valence-corrected chi connectivity index (χ0v) is 13.3. The number of nitrogens with one attached hydrogen (secondary N) is 1. The van der Waals surface area contributed by atoms with Gasteiger partial charge in [0.2, 0.25) is 0 Å². The van der Waals surface area contributed by atoms with E-state index in [1.807, 2.05) is 66.2 Å². The zero-order chi connectivity index (χ0) is 15.9. The van der Waals surface area contributed by atoms with Gasteiger partial charge in [-0.05, 0) is 23.3 Å². The molecule has 1 aromatic heterocycles. The molecule has 0 saturated carbocycles. The van der Waals surface area contributed by atoms with E-state index in [0.717, 1.165) is 16.6 Å². The second-order valence-electron chi connectivity index (χ2n) is 4.92. The Morgan fingerprint density at radius 2 is 2.09 bits per heavy atom. The summed E-state index contributed by atoms with van der Waals surface area (Å²) in [6, 6.07) is 15.7. The monoisotopic (exact) mass is 324 g/mol. The fraction of sp³-hybridized carbons (Fsp3) is 0.111. The summed E-state index contributed by atoms with van der Waals surface area (Å²) in [5, 5.41) is 2.69. The molecule has 1 N–H and O–H groups in total. The summed E-state index contributed by atoms with van der Waals surface area (Å²) in [5.74, 6) is 0. The zero-order valence-electron chi connectivity index (χ0n) is 12.4. The highest BCUT2D eigenvalue weighted by atomic mass is 32.1. The van der Waals surface area contributed by atoms with Crippen LogP contribution in [-0.2, 0) is 11.3 Å². The lowest BCUT2D eigenvalue weighted by Crippen LogP contribution is -2.24. The third kappa shape index (κ3) is 4.40. The van der Waals surface area contributed by atoms with Gasteiger partial charge in [0.15, 0.2) is 0 Å². The number of benzene rings is 2. The van der Waals surface area contributed by atoms with Crippen molar-refractivity contribution < 1.29 is 9.53 Å². The van der Waals surface area contributed by atoms with Crippen LogP contribution >= 0.6 is 11.3 Å². The lowest BCUT2D eigenvalue weighted by atomic mass is 10.2. The quantitative estimate of drug-likeness (QED) is 0.764. The summed E-state index contributed by atoms with van der Waals surface area (Å²) in [4.78, 5) is 15.9. The number of fused-ring (bicyclic) bond motifs is 1. The molecule has 3 rings (SSSR count). The SMILES string of the molecule is O=C(NCC=Cc1ccc2scnc2c1)OCc1ccccc1. The van der Waals surface area contributed by atoms with Gasteiger partial charge in [-0.1, -0.05) is 48.6 Å². The standard InChI is InChI=1S/C18H16N2O2S/c21-18(22-12-15-5-2-1-3-6-15)19-10-4-7-14-8-9-17-16(11-14)20-13-23-17/h1-9,11,13H,10,12H2,(H,19,21). The summed E-state index contributed by atoms with van der Waals surface area (Å²) in [6.07, 6.45) is 3.42. The first-order chi connectivity index (χ1) is 11.3. The average Bonchev–Trinajstić information content (AvgIpc) is 3.05. The Hall–Kier alpha value is -2.66. The number of hydrogen-bond donors (Lipinski definition) is 1. The fourth-order valence-corrected chi connectivity index (χ4v) is 2.75. The summed E-state index contributed by atoms with van der Waals surface area (Å²) in [5.41, 5.74) is 4.85. The van der Waals surface area contributed by atoms with Gasteiger partial charge in [-0.2, -0.15) is 0 Å². The largest absolute Gasteiger partial charge is 0.445 e. The molecule has 1 heterocycles. The van der Waals surface area contributed by atoms with E-state index < -0.39 is 6.09 Å². The maximum atomic E-state index is 11.6. The number of rotatable bonds is 5. The smallest absolute Gasteiger partial charge is 0.407 e. The molecule has 0 aliphatic heterocycles. The van der Waals surface area contributed by atoms with Crippen molar-refractivity contribution in [3.63, 3.8) is 0 Å². The predicted molar refractivity (Wildman–Crippen MR) is 93.3 cm³/mol. The molecule has 0 spiro atoms. The molecule has 0 atom stereocenters. The molecule has 0 unspecified atom stereocenters. The Balaban J connectivity index is 1.44. The maximum absolute atomic E-state index is 11.6. The molecule has 2 aromatic carbocycles. The summed E-state index contributed by atoms with van der Waals surface area (Å²) < 4.78 is 6.31. The molecular formula is C18H16N2O2S. The Morgan fingerprint density at radius 3 is 2.96 bits per heavy atom. The van der Waals surface area contributed by atoms with E-state index in [0.29, 0.717) is 6.54 Å². The number of carbonyl (C=O) groups is 1. The molecular weight excluding hydrogens is 308 g/mol. The minimum absolute atomic E-state index is 0.275. The molecule has 0 fully saturated rings. The third-order valence-corrected chi connectivity index (χ3v) is 4.05. The molecule has 0 aliphatic rings. The molecule has 4 nitrogen and oxygen atoms in total. The van der Waals surface area contributed by atoms with Gasteiger partial charge < -0.3 is 10.1 Å². The lowest BCUT2D eigenvalue weighted by molar-refractivity contribution is 0.141. The van der Waals surface area contributed by atoms with Gasteiger partial charge in [-0.25, -0.2) is 9.78 Å². The minimum Gasteiger partial charge on any atom is -0.445 e. The number of thiazole rings is 1. The van der Waals surface area contributed by atoms with Gasteiger partial charge in [0.05, 0.1) is 15.7 Å². The number of amides is 1. The van der Waals surface area contributed by atoms with Crippen LogP contribution < -0.4 is 5.32 Å². The Labute approximate surface area is 138 Å². The molecule has 0 aliphatic carbocycles. The van der Waals surface area contributed by atoms with Crippen LogP contribution in [0.1, 0.15) is 11.1 Å². The van der Waals surface area contributed by atoms with E-state index in [9.17, 15) is 4.79 Å². The van der Waals surface area contributed by atoms with Crippen molar-refractivity contribution in [1.29, 1.82) is 0 Å². The van der Waals surface area contributed by atoms with Crippen molar-refractivity contribution in [3.05, 3.63) is 71.2 Å². The van der Waals surface area contributed by atoms with Crippen molar-refractivity contribution in [3.8, 4) is 0 Å². The lowest BCUT2D eigenvalue weighted by Gasteiger charge is -2.05. The van der Waals surface area contributed by atoms with Gasteiger partial charge in [0, 0.05) is 6.54 Å². The van der Waals surface area contributed by atoms with E-state index in [-0.39, 0.29) is 6.61 Å². The van der Waals surface area contributed by atoms with Crippen LogP contribution in [0.3, 0.4) is 0 Å². The third-order valence-electron chi connectivity index (χ3n) is 3.24. The van der Waals surface area contributed by atoms with Crippen molar-refractivity contribution in [2.75, 3.05) is 6.54 Å². The number of hydrogen-bond acceptors (Lipinski definition) is 4. The normalized spacial score (nSPS) is 11.0. The maximum Gasteiger partial charge on any atom is 0.407 e. The topological polar surface area (TPSA) is 51.2 Å². The van der Waals surface area contributed by atoms with E-state index in [2.05, 4.69) is 10.3 Å². The highest BCUT2D eigenvalue weighted by Gasteiger charge is 2.00. The molecule has 5 heteroatoms. The number of aromatic nitrogens is 1. The van der Waals surface area contributed by atoms with Crippen molar-refractivity contribution in [1.82, 2.24) is 10.3 Å². The second-order valence-corrected chi connectivity index (χ2v) is 5.81. The first-order valence-electron chi connectivity index (χ1n) is 7.25. The van der Waals surface area contributed by atoms with E-state index >= 15 is 0 Å². The van der Waals surface area contributed by atoms with Crippen molar-refractivity contribution >= 4 is 33.7 Å². The number of ether oxygens (including phenoxy) is 1. The molecule has 3 aromatic rings. The molecule has 0 bridgehead atoms. The summed E-state index contributed by atoms with van der Waals surface area (Å²) in [7, 11) is 0. The van der Waals surface area contributed by atoms with E-state index in [1.54, 1.807) is 11.3 Å². The number of nitrogens with zero attached hydrogens (tertiary/aromatic N) is 1. The van der Waals surface area contributed by atoms with Gasteiger partial charge in [0.1, 0.15) is 6.61 Å². The van der Waals surface area contributed by atoms with Gasteiger partial charge in [-0.3, -0.25) is 0 Å². The number of carbonyl (C=O) groups excluding carboxylic acids is 1. The van der Waals surface area contributed by atoms with E-state index in [4.69, 9.17) is 4.74 Å². The van der Waals surface area contributed by atoms with Crippen LogP contribution in [0.15, 0.2) is 60.1 Å². The summed E-state index contributed by atoms with van der Waals surface area (Å²) >= 11 is 1.62. The van der Waals surface area contributed by atoms with Crippen molar-refractivity contribution in [2.24, 2.45) is 0 Å². The van der Waals surface area contributed by atoms with Crippen LogP contribution in [0.2, 0.25) is 0 Å². The van der Waals surface area contributed by atoms with Gasteiger partial charge in [0.25, 0.3) is 0 Å². The first kappa shape index (κ1) is 15.2. The van der Waals surface area contributed by atoms with Crippen LogP contribution in [-0.4, -0.2) is 17.6 Å². The number of alkyl carbamates (subject to hydrolysis) is 1. The highest BCUT2D eigenvalue weighted by Crippen LogP contribution is 2.19. The molecule has 23 heavy (non-hydrogen) atoms. The molecule has 0 saturated heterocycles. The van der Waals surface area contributed by atoms with Crippen LogP contribution in [0.5, 0.6) is 0 Å². The fourth-order valence-electron chi connectivity index (χ4n) is 2.09. The second kappa shape index (κ2) is 7.56. The van der Waals surface area contributed by atoms with Crippen LogP contribution in [0.25, 0.3) is 16.3 Å². The van der Waals surface area contributed by atoms with Crippen LogP contribution in [0, 0.1) is 0 Å². The Bertz CT molecular complexity index is 812. The highest BCUT2D eigenvalue weighted by molar-refractivity contribution is 7.16. The predicted octanol–water partition coefficient (Wildman–Crippen LogP) is 4.24. The van der Waals surface area contributed by atoms with Gasteiger partial charge in [-0.15, -0.1) is 11.3 Å². The van der Waals surface area contributed by atoms with Crippen molar-refractivity contribution in [2.45, 2.75) is 6.61 Å². The molecule has 1 amide bonds. The van der Waals surface area contributed by atoms with Gasteiger partial charge >= 0.3 is 6.09 Å². The Morgan fingerprint density at radius 1 is 1.22 bits per heavy atom. The minimum atomic E-state index is -0.423. The van der Waals surface area contributed by atoms with E-state index in [1.165, 1.54) is 4.70 Å².